The van der Waals surface area contributed by atoms with Crippen molar-refractivity contribution in [3.05, 3.63) is 36.3 Å². The van der Waals surface area contributed by atoms with E-state index in [4.69, 9.17) is 14.7 Å². The van der Waals surface area contributed by atoms with Gasteiger partial charge in [-0.25, -0.2) is 9.97 Å². The Kier molecular flexibility index (Phi) is 8.99. The molecule has 0 atom stereocenters. The van der Waals surface area contributed by atoms with Crippen LogP contribution in [-0.4, -0.2) is 64.7 Å². The molecule has 2 aliphatic heterocycles. The molecule has 2 N–H and O–H groups in total. The summed E-state index contributed by atoms with van der Waals surface area (Å²) in [5.41, 5.74) is 1.91. The molecule has 3 aromatic rings. The van der Waals surface area contributed by atoms with Gasteiger partial charge in [0.2, 0.25) is 5.95 Å². The van der Waals surface area contributed by atoms with Crippen molar-refractivity contribution >= 4 is 46.7 Å². The number of hydrogen-bond acceptors (Lipinski definition) is 8. The van der Waals surface area contributed by atoms with Gasteiger partial charge in [0.25, 0.3) is 0 Å². The van der Waals surface area contributed by atoms with Crippen molar-refractivity contribution in [2.45, 2.75) is 69.9 Å². The molecule has 3 aliphatic rings. The van der Waals surface area contributed by atoms with E-state index >= 15 is 0 Å². The molecule has 3 fully saturated rings. The summed E-state index contributed by atoms with van der Waals surface area (Å²) in [4.78, 5) is 29.7. The van der Waals surface area contributed by atoms with Crippen molar-refractivity contribution in [1.82, 2.24) is 24.8 Å². The minimum atomic E-state index is 0. The van der Waals surface area contributed by atoms with E-state index in [-0.39, 0.29) is 18.2 Å². The quantitative estimate of drug-likeness (QED) is 0.363. The fourth-order valence-electron chi connectivity index (χ4n) is 6.37. The highest BCUT2D eigenvalue weighted by Crippen LogP contribution is 2.36. The van der Waals surface area contributed by atoms with Gasteiger partial charge in [-0.05, 0) is 63.6 Å². The molecule has 0 radical (unpaired) electrons. The summed E-state index contributed by atoms with van der Waals surface area (Å²) in [6, 6.07) is 4.40. The Balaban J connectivity index is 0.00000308. The summed E-state index contributed by atoms with van der Waals surface area (Å²) in [5, 5.41) is 7.76. The maximum atomic E-state index is 13.5. The van der Waals surface area contributed by atoms with Crippen molar-refractivity contribution in [1.29, 1.82) is 0 Å². The standard InChI is InChI=1S/C29H39N7O2.ClH/c1-38-22-9-14-35(15-10-22)29-31-13-8-27(34-29)33-28-17-25-23(18-32-28)24(19-36(25)21-4-2-3-5-21)26(37)16-20-6-11-30-12-7-20;/h8,13,17-22,30H,2-7,9-12,14-16H2,1H3,(H,31,32,33,34);1H. The molecule has 0 unspecified atom stereocenters. The number of rotatable bonds is 8. The van der Waals surface area contributed by atoms with Gasteiger partial charge in [0, 0.05) is 68.3 Å². The lowest BCUT2D eigenvalue weighted by molar-refractivity contribution is 0.0816. The first-order chi connectivity index (χ1) is 18.7. The molecule has 0 bridgehead atoms. The lowest BCUT2D eigenvalue weighted by Crippen LogP contribution is -2.37. The normalized spacial score (nSPS) is 19.4. The highest BCUT2D eigenvalue weighted by molar-refractivity contribution is 6.08. The molecule has 0 spiro atoms. The van der Waals surface area contributed by atoms with Crippen molar-refractivity contribution < 1.29 is 9.53 Å². The Morgan fingerprint density at radius 3 is 2.59 bits per heavy atom. The van der Waals surface area contributed by atoms with Crippen LogP contribution in [-0.2, 0) is 4.74 Å². The molecule has 3 aromatic heterocycles. The van der Waals surface area contributed by atoms with Crippen molar-refractivity contribution in [2.75, 3.05) is 43.5 Å². The van der Waals surface area contributed by atoms with E-state index in [0.29, 0.717) is 24.5 Å². The van der Waals surface area contributed by atoms with Crippen LogP contribution in [0, 0.1) is 5.92 Å². The van der Waals surface area contributed by atoms with Gasteiger partial charge in [0.05, 0.1) is 11.6 Å². The predicted octanol–water partition coefficient (Wildman–Crippen LogP) is 5.29. The summed E-state index contributed by atoms with van der Waals surface area (Å²) < 4.78 is 7.84. The third-order valence-electron chi connectivity index (χ3n) is 8.63. The van der Waals surface area contributed by atoms with E-state index in [1.165, 1.54) is 12.8 Å². The first-order valence-electron chi connectivity index (χ1n) is 14.3. The zero-order valence-corrected chi connectivity index (χ0v) is 23.6. The predicted molar refractivity (Wildman–Crippen MR) is 157 cm³/mol. The zero-order valence-electron chi connectivity index (χ0n) is 22.8. The number of Topliss-reactive ketones (excluding diaryl/α,β-unsaturated/α-hetero) is 1. The molecule has 1 saturated carbocycles. The number of ketones is 1. The number of fused-ring (bicyclic) bond motifs is 1. The fraction of sp³-hybridized carbons (Fsp3) is 0.586. The Morgan fingerprint density at radius 2 is 1.85 bits per heavy atom. The van der Waals surface area contributed by atoms with Gasteiger partial charge in [-0.15, -0.1) is 12.4 Å². The summed E-state index contributed by atoms with van der Waals surface area (Å²) >= 11 is 0. The van der Waals surface area contributed by atoms with Crippen molar-refractivity contribution in [3.63, 3.8) is 0 Å². The molecule has 1 aliphatic carbocycles. The average molecular weight is 554 g/mol. The topological polar surface area (TPSA) is 97.2 Å². The maximum Gasteiger partial charge on any atom is 0.227 e. The zero-order chi connectivity index (χ0) is 25.9. The minimum Gasteiger partial charge on any atom is -0.381 e. The molecule has 210 valence electrons. The molecule has 9 nitrogen and oxygen atoms in total. The second-order valence-electron chi connectivity index (χ2n) is 11.1. The molecular formula is C29H40ClN7O2. The van der Waals surface area contributed by atoms with Crippen molar-refractivity contribution in [2.24, 2.45) is 5.92 Å². The van der Waals surface area contributed by atoms with E-state index in [1.807, 2.05) is 12.3 Å². The van der Waals surface area contributed by atoms with Gasteiger partial charge in [-0.3, -0.25) is 4.79 Å². The molecule has 5 heterocycles. The molecule has 0 aromatic carbocycles. The number of carbonyl (C=O) groups is 1. The summed E-state index contributed by atoms with van der Waals surface area (Å²) in [6.45, 7) is 3.79. The van der Waals surface area contributed by atoms with Gasteiger partial charge in [-0.1, -0.05) is 12.8 Å². The van der Waals surface area contributed by atoms with Crippen LogP contribution < -0.4 is 15.5 Å². The summed E-state index contributed by atoms with van der Waals surface area (Å²) in [7, 11) is 1.78. The number of nitrogens with one attached hydrogen (secondary N) is 2. The van der Waals surface area contributed by atoms with Gasteiger partial charge < -0.3 is 24.8 Å². The van der Waals surface area contributed by atoms with Crippen LogP contribution in [0.25, 0.3) is 10.9 Å². The molecule has 0 amide bonds. The smallest absolute Gasteiger partial charge is 0.227 e. The number of piperidine rings is 2. The van der Waals surface area contributed by atoms with Crippen LogP contribution in [0.5, 0.6) is 0 Å². The monoisotopic (exact) mass is 553 g/mol. The van der Waals surface area contributed by atoms with Crippen LogP contribution in [0.4, 0.5) is 17.6 Å². The Morgan fingerprint density at radius 1 is 1.08 bits per heavy atom. The van der Waals surface area contributed by atoms with Crippen LogP contribution in [0.3, 0.4) is 0 Å². The number of pyridine rings is 1. The highest BCUT2D eigenvalue weighted by Gasteiger charge is 2.25. The number of methoxy groups -OCH3 is 1. The van der Waals surface area contributed by atoms with Crippen molar-refractivity contribution in [3.8, 4) is 0 Å². The van der Waals surface area contributed by atoms with Crippen LogP contribution >= 0.6 is 12.4 Å². The lowest BCUT2D eigenvalue weighted by atomic mass is 9.91. The Labute approximate surface area is 236 Å². The number of aromatic nitrogens is 4. The number of carbonyl (C=O) groups excluding carboxylic acids is 1. The minimum absolute atomic E-state index is 0. The first-order valence-corrected chi connectivity index (χ1v) is 14.3. The maximum absolute atomic E-state index is 13.5. The number of hydrogen-bond donors (Lipinski definition) is 2. The lowest BCUT2D eigenvalue weighted by Gasteiger charge is -2.31. The van der Waals surface area contributed by atoms with E-state index in [0.717, 1.165) is 98.8 Å². The second-order valence-corrected chi connectivity index (χ2v) is 11.1. The van der Waals surface area contributed by atoms with Gasteiger partial charge in [0.15, 0.2) is 5.78 Å². The summed E-state index contributed by atoms with van der Waals surface area (Å²) in [6.07, 6.45) is 15.6. The first kappa shape index (κ1) is 27.8. The van der Waals surface area contributed by atoms with Crippen LogP contribution in [0.15, 0.2) is 30.7 Å². The van der Waals surface area contributed by atoms with E-state index in [1.54, 1.807) is 13.3 Å². The van der Waals surface area contributed by atoms with Crippen LogP contribution in [0.2, 0.25) is 0 Å². The van der Waals surface area contributed by atoms with Gasteiger partial charge >= 0.3 is 0 Å². The third-order valence-corrected chi connectivity index (χ3v) is 8.63. The molecule has 10 heteroatoms. The number of ether oxygens (including phenoxy) is 1. The van der Waals surface area contributed by atoms with Gasteiger partial charge in [0.1, 0.15) is 11.6 Å². The highest BCUT2D eigenvalue weighted by atomic mass is 35.5. The second kappa shape index (κ2) is 12.6. The SMILES string of the molecule is COC1CCN(c2nccc(Nc3cc4c(cn3)c(C(=O)CC3CCNCC3)cn4C3CCCC3)n2)CC1.Cl. The third kappa shape index (κ3) is 6.21. The molecule has 6 rings (SSSR count). The molecular weight excluding hydrogens is 514 g/mol. The van der Waals surface area contributed by atoms with Crippen LogP contribution in [0.1, 0.15) is 74.2 Å². The number of halogens is 1. The van der Waals surface area contributed by atoms with E-state index in [2.05, 4.69) is 37.3 Å². The Bertz CT molecular complexity index is 1260. The largest absolute Gasteiger partial charge is 0.381 e. The fourth-order valence-corrected chi connectivity index (χ4v) is 6.37. The number of nitrogens with zero attached hydrogens (tertiary/aromatic N) is 5. The molecule has 39 heavy (non-hydrogen) atoms. The average Bonchev–Trinajstić information content (AvgIpc) is 3.62. The van der Waals surface area contributed by atoms with E-state index in [9.17, 15) is 4.79 Å². The van der Waals surface area contributed by atoms with E-state index < -0.39 is 0 Å². The number of anilines is 3. The van der Waals surface area contributed by atoms with Gasteiger partial charge in [-0.2, -0.15) is 4.98 Å². The Hall–Kier alpha value is -2.75. The molecule has 2 saturated heterocycles. The summed E-state index contributed by atoms with van der Waals surface area (Å²) in [5.74, 6) is 2.89.